The van der Waals surface area contributed by atoms with Gasteiger partial charge in [0, 0.05) is 29.3 Å². The maximum Gasteiger partial charge on any atom is 0.281 e. The summed E-state index contributed by atoms with van der Waals surface area (Å²) in [5, 5.41) is 5.89. The van der Waals surface area contributed by atoms with Gasteiger partial charge >= 0.3 is 0 Å². The molecule has 0 atom stereocenters. The molecule has 3 rings (SSSR count). The number of aromatic nitrogens is 3. The van der Waals surface area contributed by atoms with Crippen molar-refractivity contribution in [1.82, 2.24) is 20.0 Å². The molecule has 0 aromatic carbocycles. The Hall–Kier alpha value is -2.80. The fourth-order valence-corrected chi connectivity index (χ4v) is 2.91. The molecule has 6 nitrogen and oxygen atoms in total. The average Bonchev–Trinajstić information content (AvgIpc) is 3.17. The number of nitrogens with zero attached hydrogens (tertiary/aromatic N) is 4. The zero-order chi connectivity index (χ0) is 16.2. The molecule has 0 aliphatic rings. The lowest BCUT2D eigenvalue weighted by Gasteiger charge is -2.07. The first-order chi connectivity index (χ1) is 11.2. The van der Waals surface area contributed by atoms with Crippen LogP contribution in [-0.2, 0) is 0 Å². The summed E-state index contributed by atoms with van der Waals surface area (Å²) in [6, 6.07) is 5.58. The highest BCUT2D eigenvalue weighted by molar-refractivity contribution is 7.12. The van der Waals surface area contributed by atoms with E-state index in [4.69, 9.17) is 0 Å². The lowest BCUT2D eigenvalue weighted by molar-refractivity contribution is 0.0959. The van der Waals surface area contributed by atoms with Gasteiger partial charge in [-0.05, 0) is 31.4 Å². The molecule has 23 heavy (non-hydrogen) atoms. The van der Waals surface area contributed by atoms with Gasteiger partial charge in [-0.1, -0.05) is 6.07 Å². The van der Waals surface area contributed by atoms with Gasteiger partial charge in [0.2, 0.25) is 0 Å². The summed E-state index contributed by atoms with van der Waals surface area (Å²) in [6.45, 7) is 3.97. The van der Waals surface area contributed by atoms with Gasteiger partial charge in [0.1, 0.15) is 0 Å². The van der Waals surface area contributed by atoms with E-state index in [1.54, 1.807) is 30.9 Å². The zero-order valence-electron chi connectivity index (χ0n) is 12.7. The van der Waals surface area contributed by atoms with Gasteiger partial charge in [0.15, 0.2) is 5.82 Å². The number of hydrogen-bond acceptors (Lipinski definition) is 5. The molecule has 0 saturated carbocycles. The molecule has 3 aromatic heterocycles. The second-order valence-electron chi connectivity index (χ2n) is 4.90. The van der Waals surface area contributed by atoms with Crippen molar-refractivity contribution in [2.24, 2.45) is 5.10 Å². The maximum absolute atomic E-state index is 11.8. The summed E-state index contributed by atoms with van der Waals surface area (Å²) in [5.41, 5.74) is 5.45. The third-order valence-corrected chi connectivity index (χ3v) is 4.23. The molecule has 0 saturated heterocycles. The van der Waals surface area contributed by atoms with E-state index in [0.29, 0.717) is 4.88 Å². The molecule has 3 heterocycles. The molecule has 0 bridgehead atoms. The van der Waals surface area contributed by atoms with Crippen LogP contribution in [0.25, 0.3) is 5.82 Å². The van der Waals surface area contributed by atoms with Crippen LogP contribution in [0.5, 0.6) is 0 Å². The van der Waals surface area contributed by atoms with E-state index in [0.717, 1.165) is 22.8 Å². The molecule has 0 spiro atoms. The fourth-order valence-electron chi connectivity index (χ4n) is 2.30. The van der Waals surface area contributed by atoms with E-state index >= 15 is 0 Å². The number of nitrogens with one attached hydrogen (secondary N) is 1. The quantitative estimate of drug-likeness (QED) is 0.592. The average molecular weight is 325 g/mol. The lowest BCUT2D eigenvalue weighted by Crippen LogP contribution is -2.16. The van der Waals surface area contributed by atoms with Crippen LogP contribution in [0.15, 0.2) is 47.3 Å². The molecular formula is C16H15N5OS. The van der Waals surface area contributed by atoms with Crippen LogP contribution in [0.1, 0.15) is 26.6 Å². The Morgan fingerprint density at radius 2 is 2.26 bits per heavy atom. The Bertz CT molecular complexity index is 837. The molecular weight excluding hydrogens is 310 g/mol. The van der Waals surface area contributed by atoms with Gasteiger partial charge in [-0.2, -0.15) is 5.10 Å². The van der Waals surface area contributed by atoms with E-state index in [-0.39, 0.29) is 5.91 Å². The first-order valence-corrected chi connectivity index (χ1v) is 7.87. The molecule has 116 valence electrons. The Balaban J connectivity index is 1.79. The summed E-state index contributed by atoms with van der Waals surface area (Å²) in [7, 11) is 0. The third-order valence-electron chi connectivity index (χ3n) is 3.36. The first kappa shape index (κ1) is 15.1. The highest BCUT2D eigenvalue weighted by Crippen LogP contribution is 2.17. The largest absolute Gasteiger partial charge is 0.301 e. The summed E-state index contributed by atoms with van der Waals surface area (Å²) < 4.78 is 2.00. The zero-order valence-corrected chi connectivity index (χ0v) is 13.5. The summed E-state index contributed by atoms with van der Waals surface area (Å²) >= 11 is 1.38. The van der Waals surface area contributed by atoms with Crippen molar-refractivity contribution in [2.75, 3.05) is 0 Å². The minimum absolute atomic E-state index is 0.209. The van der Waals surface area contributed by atoms with Crippen LogP contribution in [0.2, 0.25) is 0 Å². The molecule has 3 aromatic rings. The molecule has 0 aliphatic heterocycles. The number of hydrogen-bond donors (Lipinski definition) is 1. The Morgan fingerprint density at radius 1 is 1.39 bits per heavy atom. The number of thiophene rings is 1. The predicted octanol–water partition coefficient (Wildman–Crippen LogP) is 2.71. The molecule has 0 fully saturated rings. The van der Waals surface area contributed by atoms with Crippen LogP contribution < -0.4 is 5.43 Å². The minimum Gasteiger partial charge on any atom is -0.301 e. The van der Waals surface area contributed by atoms with Gasteiger partial charge in [-0.3, -0.25) is 9.78 Å². The van der Waals surface area contributed by atoms with E-state index in [1.165, 1.54) is 11.3 Å². The fraction of sp³-hybridized carbons (Fsp3) is 0.125. The molecule has 7 heteroatoms. The summed E-state index contributed by atoms with van der Waals surface area (Å²) in [4.78, 5) is 20.9. The number of hydrazone groups is 1. The van der Waals surface area contributed by atoms with Crippen molar-refractivity contribution in [2.45, 2.75) is 13.8 Å². The molecule has 0 radical (unpaired) electrons. The van der Waals surface area contributed by atoms with Crippen molar-refractivity contribution in [3.63, 3.8) is 0 Å². The smallest absolute Gasteiger partial charge is 0.281 e. The van der Waals surface area contributed by atoms with Crippen molar-refractivity contribution in [3.05, 3.63) is 64.0 Å². The van der Waals surface area contributed by atoms with Crippen molar-refractivity contribution in [3.8, 4) is 5.82 Å². The van der Waals surface area contributed by atoms with E-state index < -0.39 is 0 Å². The van der Waals surface area contributed by atoms with E-state index in [9.17, 15) is 4.79 Å². The summed E-state index contributed by atoms with van der Waals surface area (Å²) in [5.74, 6) is 0.545. The highest BCUT2D eigenvalue weighted by atomic mass is 32.1. The molecule has 1 amide bonds. The molecule has 0 unspecified atom stereocenters. The van der Waals surface area contributed by atoms with Crippen LogP contribution in [0, 0.1) is 13.8 Å². The van der Waals surface area contributed by atoms with Crippen molar-refractivity contribution < 1.29 is 4.79 Å². The minimum atomic E-state index is -0.209. The first-order valence-electron chi connectivity index (χ1n) is 6.99. The topological polar surface area (TPSA) is 72.2 Å². The lowest BCUT2D eigenvalue weighted by atomic mass is 10.3. The number of carbonyl (C=O) groups excluding carboxylic acids is 1. The van der Waals surface area contributed by atoms with Gasteiger partial charge in [-0.25, -0.2) is 10.4 Å². The monoisotopic (exact) mass is 325 g/mol. The van der Waals surface area contributed by atoms with Crippen molar-refractivity contribution >= 4 is 23.5 Å². The third kappa shape index (κ3) is 3.19. The van der Waals surface area contributed by atoms with Crippen LogP contribution in [0.4, 0.5) is 0 Å². The van der Waals surface area contributed by atoms with Crippen LogP contribution in [-0.4, -0.2) is 26.7 Å². The van der Waals surface area contributed by atoms with E-state index in [1.807, 2.05) is 35.9 Å². The SMILES string of the molecule is Cc1cc(/C=N\NC(=O)c2cccs2)c(C)n1-c1cnccn1. The summed E-state index contributed by atoms with van der Waals surface area (Å²) in [6.07, 6.45) is 6.64. The number of amides is 1. The number of rotatable bonds is 4. The van der Waals surface area contributed by atoms with Gasteiger partial charge in [-0.15, -0.1) is 11.3 Å². The van der Waals surface area contributed by atoms with Crippen LogP contribution >= 0.6 is 11.3 Å². The second kappa shape index (κ2) is 6.53. The number of aryl methyl sites for hydroxylation is 1. The van der Waals surface area contributed by atoms with Crippen molar-refractivity contribution in [1.29, 1.82) is 0 Å². The van der Waals surface area contributed by atoms with Gasteiger partial charge in [0.25, 0.3) is 5.91 Å². The van der Waals surface area contributed by atoms with Gasteiger partial charge in [0.05, 0.1) is 17.3 Å². The molecule has 0 aliphatic carbocycles. The standard InChI is InChI=1S/C16H15N5OS/c1-11-8-13(9-19-20-16(22)14-4-3-7-23-14)12(2)21(11)15-10-17-5-6-18-15/h3-10H,1-2H3,(H,20,22)/b19-9-. The van der Waals surface area contributed by atoms with Crippen LogP contribution in [0.3, 0.4) is 0 Å². The van der Waals surface area contributed by atoms with Gasteiger partial charge < -0.3 is 4.57 Å². The Labute approximate surface area is 137 Å². The van der Waals surface area contributed by atoms with E-state index in [2.05, 4.69) is 20.5 Å². The number of carbonyl (C=O) groups is 1. The highest BCUT2D eigenvalue weighted by Gasteiger charge is 2.10. The normalized spacial score (nSPS) is 11.0. The molecule has 1 N–H and O–H groups in total. The Kier molecular flexibility index (Phi) is 4.29. The maximum atomic E-state index is 11.8. The predicted molar refractivity (Wildman–Crippen MR) is 90.2 cm³/mol. The Morgan fingerprint density at radius 3 is 2.96 bits per heavy atom. The second-order valence-corrected chi connectivity index (χ2v) is 5.85.